The van der Waals surface area contributed by atoms with E-state index < -0.39 is 17.0 Å². The molecule has 0 saturated heterocycles. The molecule has 0 aliphatic carbocycles. The molecule has 0 amide bonds. The molecular formula is C22H27N5O3S. The van der Waals surface area contributed by atoms with E-state index in [0.29, 0.717) is 11.7 Å². The van der Waals surface area contributed by atoms with Gasteiger partial charge in [-0.2, -0.15) is 0 Å². The summed E-state index contributed by atoms with van der Waals surface area (Å²) in [6, 6.07) is 6.11. The highest BCUT2D eigenvalue weighted by Gasteiger charge is 2.22. The summed E-state index contributed by atoms with van der Waals surface area (Å²) in [6.07, 6.45) is 3.50. The molecule has 0 fully saturated rings. The molecule has 0 radical (unpaired) electrons. The summed E-state index contributed by atoms with van der Waals surface area (Å²) in [7, 11) is 1.36. The Hall–Kier alpha value is -3.07. The molecule has 0 spiro atoms. The number of hydrogen-bond donors (Lipinski definition) is 1. The molecular weight excluding hydrogens is 414 g/mol. The number of nitrogen functional groups attached to an aromatic ring is 1. The maximum Gasteiger partial charge on any atom is 0.332 e. The highest BCUT2D eigenvalue weighted by molar-refractivity contribution is 7.99. The van der Waals surface area contributed by atoms with Crippen molar-refractivity contribution < 1.29 is 4.79 Å². The molecule has 164 valence electrons. The first kappa shape index (κ1) is 22.6. The van der Waals surface area contributed by atoms with Crippen LogP contribution in [0, 0.1) is 19.8 Å². The summed E-state index contributed by atoms with van der Waals surface area (Å²) in [5, 5.41) is 0.631. The third-order valence-corrected chi connectivity index (χ3v) is 5.93. The number of carbonyl (C=O) groups excluding carboxylic acids is 1. The van der Waals surface area contributed by atoms with Crippen molar-refractivity contribution in [2.75, 3.05) is 11.5 Å². The summed E-state index contributed by atoms with van der Waals surface area (Å²) in [6.45, 7) is 8.23. The standard InChI is InChI=1S/C22H27N5O3S/c1-13(2)11-27-19(23)18(20(29)25(5)22(27)30)17(28)12-31-21-24-8-9-26(21)16-7-6-14(3)10-15(16)4/h6-10,13H,11-12,23H2,1-5H3. The third kappa shape index (κ3) is 4.51. The molecule has 2 heterocycles. The number of carbonyl (C=O) groups is 1. The predicted octanol–water partition coefficient (Wildman–Crippen LogP) is 2.56. The van der Waals surface area contributed by atoms with Gasteiger partial charge in [-0.25, -0.2) is 9.78 Å². The van der Waals surface area contributed by atoms with Crippen LogP contribution in [0.2, 0.25) is 0 Å². The Bertz CT molecular complexity index is 1250. The van der Waals surface area contributed by atoms with E-state index in [4.69, 9.17) is 5.73 Å². The monoisotopic (exact) mass is 441 g/mol. The van der Waals surface area contributed by atoms with Gasteiger partial charge < -0.3 is 5.73 Å². The lowest BCUT2D eigenvalue weighted by Gasteiger charge is -2.16. The normalized spacial score (nSPS) is 11.3. The number of aromatic nitrogens is 4. The zero-order chi connectivity index (χ0) is 22.9. The van der Waals surface area contributed by atoms with Gasteiger partial charge in [0.2, 0.25) is 0 Å². The van der Waals surface area contributed by atoms with Crippen LogP contribution in [-0.4, -0.2) is 30.2 Å². The van der Waals surface area contributed by atoms with E-state index in [0.717, 1.165) is 21.4 Å². The maximum absolute atomic E-state index is 13.0. The fourth-order valence-electron chi connectivity index (χ4n) is 3.44. The quantitative estimate of drug-likeness (QED) is 0.446. The zero-order valence-electron chi connectivity index (χ0n) is 18.4. The van der Waals surface area contributed by atoms with Gasteiger partial charge >= 0.3 is 5.69 Å². The van der Waals surface area contributed by atoms with Crippen LogP contribution >= 0.6 is 11.8 Å². The second-order valence-electron chi connectivity index (χ2n) is 7.99. The molecule has 0 saturated carbocycles. The largest absolute Gasteiger partial charge is 0.384 e. The Balaban J connectivity index is 1.91. The van der Waals surface area contributed by atoms with Gasteiger partial charge in [0.25, 0.3) is 5.56 Å². The van der Waals surface area contributed by atoms with Crippen LogP contribution in [-0.2, 0) is 13.6 Å². The lowest BCUT2D eigenvalue weighted by molar-refractivity contribution is 0.102. The molecule has 3 rings (SSSR count). The first-order valence-electron chi connectivity index (χ1n) is 9.98. The first-order chi connectivity index (χ1) is 14.6. The Labute approximate surface area is 184 Å². The first-order valence-corrected chi connectivity index (χ1v) is 11.0. The molecule has 2 aromatic heterocycles. The van der Waals surface area contributed by atoms with Crippen LogP contribution in [0.25, 0.3) is 5.69 Å². The fraction of sp³-hybridized carbons (Fsp3) is 0.364. The molecule has 8 nitrogen and oxygen atoms in total. The number of nitrogens with two attached hydrogens (primary N) is 1. The van der Waals surface area contributed by atoms with E-state index in [1.807, 2.05) is 50.6 Å². The van der Waals surface area contributed by atoms with Crippen molar-refractivity contribution in [2.45, 2.75) is 39.4 Å². The Kier molecular flexibility index (Phi) is 6.54. The highest BCUT2D eigenvalue weighted by Crippen LogP contribution is 2.24. The number of Topliss-reactive ketones (excluding diaryl/α,β-unsaturated/α-hetero) is 1. The van der Waals surface area contributed by atoms with E-state index in [1.54, 1.807) is 6.20 Å². The van der Waals surface area contributed by atoms with Gasteiger partial charge in [-0.3, -0.25) is 23.3 Å². The van der Waals surface area contributed by atoms with Crippen molar-refractivity contribution in [3.8, 4) is 5.69 Å². The van der Waals surface area contributed by atoms with E-state index in [9.17, 15) is 14.4 Å². The highest BCUT2D eigenvalue weighted by atomic mass is 32.2. The number of ketones is 1. The van der Waals surface area contributed by atoms with Crippen molar-refractivity contribution in [1.82, 2.24) is 18.7 Å². The summed E-state index contributed by atoms with van der Waals surface area (Å²) in [5.74, 6) is -0.415. The number of benzene rings is 1. The van der Waals surface area contributed by atoms with Crippen LogP contribution in [0.1, 0.15) is 35.3 Å². The lowest BCUT2D eigenvalue weighted by Crippen LogP contribution is -2.43. The van der Waals surface area contributed by atoms with Crippen LogP contribution in [0.15, 0.2) is 45.3 Å². The molecule has 9 heteroatoms. The third-order valence-electron chi connectivity index (χ3n) is 4.96. The van der Waals surface area contributed by atoms with E-state index in [1.165, 1.54) is 23.4 Å². The summed E-state index contributed by atoms with van der Waals surface area (Å²) < 4.78 is 4.14. The smallest absolute Gasteiger partial charge is 0.332 e. The van der Waals surface area contributed by atoms with Crippen LogP contribution in [0.4, 0.5) is 5.82 Å². The number of thioether (sulfide) groups is 1. The van der Waals surface area contributed by atoms with Gasteiger partial charge in [-0.1, -0.05) is 43.3 Å². The molecule has 0 aliphatic rings. The van der Waals surface area contributed by atoms with Gasteiger partial charge in [0.15, 0.2) is 10.9 Å². The van der Waals surface area contributed by atoms with Crippen molar-refractivity contribution >= 4 is 23.4 Å². The predicted molar refractivity (Wildman–Crippen MR) is 123 cm³/mol. The van der Waals surface area contributed by atoms with Gasteiger partial charge in [0.1, 0.15) is 11.4 Å². The van der Waals surface area contributed by atoms with Crippen LogP contribution in [0.5, 0.6) is 0 Å². The fourth-order valence-corrected chi connectivity index (χ4v) is 4.28. The van der Waals surface area contributed by atoms with Gasteiger partial charge in [-0.05, 0) is 31.4 Å². The minimum atomic E-state index is -0.675. The Morgan fingerprint density at radius 2 is 1.94 bits per heavy atom. The van der Waals surface area contributed by atoms with Gasteiger partial charge in [-0.15, -0.1) is 0 Å². The second kappa shape index (κ2) is 8.97. The number of imidazole rings is 1. The minimum Gasteiger partial charge on any atom is -0.384 e. The van der Waals surface area contributed by atoms with Gasteiger partial charge in [0, 0.05) is 26.0 Å². The van der Waals surface area contributed by atoms with Gasteiger partial charge in [0.05, 0.1) is 11.4 Å². The topological polar surface area (TPSA) is 105 Å². The molecule has 1 aromatic carbocycles. The minimum absolute atomic E-state index is 0.0265. The number of nitrogens with zero attached hydrogens (tertiary/aromatic N) is 4. The molecule has 3 aromatic rings. The maximum atomic E-state index is 13.0. The molecule has 0 bridgehead atoms. The van der Waals surface area contributed by atoms with Crippen molar-refractivity contribution in [3.63, 3.8) is 0 Å². The average molecular weight is 442 g/mol. The van der Waals surface area contributed by atoms with Crippen LogP contribution in [0.3, 0.4) is 0 Å². The zero-order valence-corrected chi connectivity index (χ0v) is 19.2. The SMILES string of the molecule is Cc1ccc(-n2ccnc2SCC(=O)c2c(N)n(CC(C)C)c(=O)n(C)c2=O)c(C)c1. The van der Waals surface area contributed by atoms with Crippen molar-refractivity contribution in [2.24, 2.45) is 13.0 Å². The van der Waals surface area contributed by atoms with E-state index >= 15 is 0 Å². The molecule has 31 heavy (non-hydrogen) atoms. The number of aryl methyl sites for hydroxylation is 2. The number of rotatable bonds is 7. The van der Waals surface area contributed by atoms with E-state index in [-0.39, 0.29) is 23.1 Å². The summed E-state index contributed by atoms with van der Waals surface area (Å²) >= 11 is 1.22. The van der Waals surface area contributed by atoms with Crippen molar-refractivity contribution in [1.29, 1.82) is 0 Å². The summed E-state index contributed by atoms with van der Waals surface area (Å²) in [5.41, 5.74) is 7.98. The number of anilines is 1. The van der Waals surface area contributed by atoms with Crippen LogP contribution < -0.4 is 17.0 Å². The molecule has 2 N–H and O–H groups in total. The molecule has 0 aliphatic heterocycles. The van der Waals surface area contributed by atoms with E-state index in [2.05, 4.69) is 11.1 Å². The second-order valence-corrected chi connectivity index (χ2v) is 8.94. The Morgan fingerprint density at radius 1 is 1.23 bits per heavy atom. The van der Waals surface area contributed by atoms with Crippen molar-refractivity contribution in [3.05, 3.63) is 68.1 Å². The number of hydrogen-bond acceptors (Lipinski definition) is 6. The average Bonchev–Trinajstić information content (AvgIpc) is 3.16. The summed E-state index contributed by atoms with van der Waals surface area (Å²) in [4.78, 5) is 42.4. The molecule has 0 atom stereocenters. The lowest BCUT2D eigenvalue weighted by atomic mass is 10.1. The Morgan fingerprint density at radius 3 is 2.58 bits per heavy atom. The molecule has 0 unspecified atom stereocenters.